The summed E-state index contributed by atoms with van der Waals surface area (Å²) in [4.78, 5) is 25.1. The Balaban J connectivity index is 1.80. The molecule has 5 heteroatoms. The number of nitrogens with zero attached hydrogens (tertiary/aromatic N) is 1. The predicted molar refractivity (Wildman–Crippen MR) is 76.4 cm³/mol. The van der Waals surface area contributed by atoms with Crippen LogP contribution in [-0.2, 0) is 9.59 Å². The van der Waals surface area contributed by atoms with Crippen molar-refractivity contribution in [2.24, 2.45) is 11.8 Å². The van der Waals surface area contributed by atoms with Crippen LogP contribution in [-0.4, -0.2) is 47.6 Å². The standard InChI is InChI=1S/C15H26N2O3/c1-2-11-3-6-16-13(9-11)15(20)17-7-4-12(5-8-17)10-14(18)19/h11-13,16H,2-10H2,1H3,(H,18,19). The van der Waals surface area contributed by atoms with Crippen LogP contribution in [0.5, 0.6) is 0 Å². The van der Waals surface area contributed by atoms with Crippen molar-refractivity contribution in [1.29, 1.82) is 0 Å². The first-order chi connectivity index (χ1) is 9.60. The minimum absolute atomic E-state index is 0.0234. The monoisotopic (exact) mass is 282 g/mol. The normalized spacial score (nSPS) is 28.4. The molecule has 2 heterocycles. The Hall–Kier alpha value is -1.10. The fourth-order valence-corrected chi connectivity index (χ4v) is 3.38. The Labute approximate surface area is 120 Å². The van der Waals surface area contributed by atoms with Crippen molar-refractivity contribution in [1.82, 2.24) is 10.2 Å². The summed E-state index contributed by atoms with van der Waals surface area (Å²) in [6, 6.07) is -0.0234. The van der Waals surface area contributed by atoms with Gasteiger partial charge in [-0.05, 0) is 44.1 Å². The number of carbonyl (C=O) groups is 2. The predicted octanol–water partition coefficient (Wildman–Crippen LogP) is 1.48. The number of carboxylic acids is 1. The van der Waals surface area contributed by atoms with Gasteiger partial charge in [0.15, 0.2) is 0 Å². The van der Waals surface area contributed by atoms with Crippen molar-refractivity contribution >= 4 is 11.9 Å². The molecule has 2 aliphatic heterocycles. The summed E-state index contributed by atoms with van der Waals surface area (Å²) in [6.07, 6.45) is 5.14. The van der Waals surface area contributed by atoms with E-state index in [-0.39, 0.29) is 24.3 Å². The number of rotatable bonds is 4. The molecule has 0 radical (unpaired) electrons. The molecule has 114 valence electrons. The number of aliphatic carboxylic acids is 1. The fourth-order valence-electron chi connectivity index (χ4n) is 3.38. The molecule has 1 amide bonds. The van der Waals surface area contributed by atoms with E-state index in [0.29, 0.717) is 19.0 Å². The van der Waals surface area contributed by atoms with Gasteiger partial charge in [-0.15, -0.1) is 0 Å². The quantitative estimate of drug-likeness (QED) is 0.819. The summed E-state index contributed by atoms with van der Waals surface area (Å²) in [5, 5.41) is 12.1. The van der Waals surface area contributed by atoms with Gasteiger partial charge in [0, 0.05) is 19.5 Å². The Morgan fingerprint density at radius 1 is 1.20 bits per heavy atom. The second-order valence-electron chi connectivity index (χ2n) is 6.17. The smallest absolute Gasteiger partial charge is 0.303 e. The van der Waals surface area contributed by atoms with Crippen LogP contribution in [0, 0.1) is 11.8 Å². The molecule has 2 saturated heterocycles. The van der Waals surface area contributed by atoms with Crippen molar-refractivity contribution in [3.63, 3.8) is 0 Å². The van der Waals surface area contributed by atoms with E-state index in [1.165, 1.54) is 6.42 Å². The molecule has 0 aliphatic carbocycles. The summed E-state index contributed by atoms with van der Waals surface area (Å²) < 4.78 is 0. The van der Waals surface area contributed by atoms with Crippen LogP contribution in [0.15, 0.2) is 0 Å². The Kier molecular flexibility index (Phi) is 5.40. The third-order valence-corrected chi connectivity index (χ3v) is 4.78. The molecule has 0 aromatic carbocycles. The van der Waals surface area contributed by atoms with Gasteiger partial charge in [0.25, 0.3) is 0 Å². The molecule has 2 N–H and O–H groups in total. The van der Waals surface area contributed by atoms with E-state index in [1.54, 1.807) is 0 Å². The van der Waals surface area contributed by atoms with Gasteiger partial charge in [0.1, 0.15) is 0 Å². The van der Waals surface area contributed by atoms with Crippen molar-refractivity contribution in [2.45, 2.75) is 51.5 Å². The molecule has 0 bridgehead atoms. The average Bonchev–Trinajstić information content (AvgIpc) is 2.47. The third-order valence-electron chi connectivity index (χ3n) is 4.78. The van der Waals surface area contributed by atoms with Crippen LogP contribution >= 0.6 is 0 Å². The average molecular weight is 282 g/mol. The molecule has 2 aliphatic rings. The molecule has 5 nitrogen and oxygen atoms in total. The highest BCUT2D eigenvalue weighted by molar-refractivity contribution is 5.82. The zero-order valence-electron chi connectivity index (χ0n) is 12.3. The molecule has 0 spiro atoms. The molecular formula is C15H26N2O3. The summed E-state index contributed by atoms with van der Waals surface area (Å²) in [7, 11) is 0. The van der Waals surface area contributed by atoms with E-state index in [0.717, 1.165) is 32.2 Å². The number of amides is 1. The van der Waals surface area contributed by atoms with Gasteiger partial charge in [-0.3, -0.25) is 9.59 Å². The summed E-state index contributed by atoms with van der Waals surface area (Å²) >= 11 is 0. The number of carbonyl (C=O) groups excluding carboxylic acids is 1. The summed E-state index contributed by atoms with van der Waals surface area (Å²) in [5.41, 5.74) is 0. The van der Waals surface area contributed by atoms with E-state index in [1.807, 2.05) is 4.90 Å². The van der Waals surface area contributed by atoms with Crippen molar-refractivity contribution in [2.75, 3.05) is 19.6 Å². The maximum atomic E-state index is 12.5. The van der Waals surface area contributed by atoms with Crippen LogP contribution in [0.2, 0.25) is 0 Å². The second kappa shape index (κ2) is 7.07. The molecule has 2 fully saturated rings. The van der Waals surface area contributed by atoms with Crippen LogP contribution < -0.4 is 5.32 Å². The van der Waals surface area contributed by atoms with Crippen LogP contribution in [0.4, 0.5) is 0 Å². The maximum absolute atomic E-state index is 12.5. The molecule has 0 aromatic rings. The van der Waals surface area contributed by atoms with E-state index >= 15 is 0 Å². The first kappa shape index (κ1) is 15.3. The Morgan fingerprint density at radius 2 is 1.90 bits per heavy atom. The Morgan fingerprint density at radius 3 is 2.50 bits per heavy atom. The number of hydrogen-bond acceptors (Lipinski definition) is 3. The highest BCUT2D eigenvalue weighted by Crippen LogP contribution is 2.24. The molecule has 20 heavy (non-hydrogen) atoms. The molecule has 2 unspecified atom stereocenters. The number of hydrogen-bond donors (Lipinski definition) is 2. The van der Waals surface area contributed by atoms with Gasteiger partial charge in [-0.1, -0.05) is 13.3 Å². The Bertz CT molecular complexity index is 351. The number of nitrogens with one attached hydrogen (secondary N) is 1. The van der Waals surface area contributed by atoms with Crippen molar-refractivity contribution < 1.29 is 14.7 Å². The van der Waals surface area contributed by atoms with Crippen LogP contribution in [0.1, 0.15) is 45.4 Å². The molecule has 2 rings (SSSR count). The lowest BCUT2D eigenvalue weighted by Gasteiger charge is -2.36. The molecular weight excluding hydrogens is 256 g/mol. The number of piperidine rings is 2. The van der Waals surface area contributed by atoms with E-state index in [2.05, 4.69) is 12.2 Å². The minimum Gasteiger partial charge on any atom is -0.481 e. The van der Waals surface area contributed by atoms with E-state index in [4.69, 9.17) is 5.11 Å². The van der Waals surface area contributed by atoms with E-state index < -0.39 is 5.97 Å². The van der Waals surface area contributed by atoms with Gasteiger partial charge < -0.3 is 15.3 Å². The second-order valence-corrected chi connectivity index (χ2v) is 6.17. The first-order valence-corrected chi connectivity index (χ1v) is 7.84. The number of carboxylic acid groups (broad SMARTS) is 1. The van der Waals surface area contributed by atoms with Gasteiger partial charge >= 0.3 is 5.97 Å². The molecule has 2 atom stereocenters. The zero-order valence-corrected chi connectivity index (χ0v) is 12.3. The van der Waals surface area contributed by atoms with Crippen molar-refractivity contribution in [3.8, 4) is 0 Å². The molecule has 0 saturated carbocycles. The maximum Gasteiger partial charge on any atom is 0.303 e. The number of likely N-dealkylation sites (tertiary alicyclic amines) is 1. The highest BCUT2D eigenvalue weighted by atomic mass is 16.4. The highest BCUT2D eigenvalue weighted by Gasteiger charge is 2.31. The van der Waals surface area contributed by atoms with E-state index in [9.17, 15) is 9.59 Å². The van der Waals surface area contributed by atoms with Gasteiger partial charge in [-0.25, -0.2) is 0 Å². The van der Waals surface area contributed by atoms with Crippen LogP contribution in [0.25, 0.3) is 0 Å². The SMILES string of the molecule is CCC1CCNC(C(=O)N2CCC(CC(=O)O)CC2)C1. The topological polar surface area (TPSA) is 69.6 Å². The van der Waals surface area contributed by atoms with Gasteiger partial charge in [-0.2, -0.15) is 0 Å². The summed E-state index contributed by atoms with van der Waals surface area (Å²) in [5.74, 6) is 0.389. The van der Waals surface area contributed by atoms with Crippen molar-refractivity contribution in [3.05, 3.63) is 0 Å². The lowest BCUT2D eigenvalue weighted by atomic mass is 9.88. The largest absolute Gasteiger partial charge is 0.481 e. The minimum atomic E-state index is -0.727. The molecule has 0 aromatic heterocycles. The van der Waals surface area contributed by atoms with Gasteiger partial charge in [0.2, 0.25) is 5.91 Å². The first-order valence-electron chi connectivity index (χ1n) is 7.84. The third kappa shape index (κ3) is 3.95. The van der Waals surface area contributed by atoms with Crippen LogP contribution in [0.3, 0.4) is 0 Å². The summed E-state index contributed by atoms with van der Waals surface area (Å²) in [6.45, 7) is 4.55. The zero-order chi connectivity index (χ0) is 14.5. The lowest BCUT2D eigenvalue weighted by Crippen LogP contribution is -2.52. The fraction of sp³-hybridized carbons (Fsp3) is 0.867. The van der Waals surface area contributed by atoms with Gasteiger partial charge in [0.05, 0.1) is 6.04 Å². The lowest BCUT2D eigenvalue weighted by molar-refractivity contribution is -0.139.